The van der Waals surface area contributed by atoms with Crippen LogP contribution in [0.25, 0.3) is 0 Å². The molecule has 0 aromatic heterocycles. The average molecular weight is 289 g/mol. The van der Waals surface area contributed by atoms with E-state index >= 15 is 0 Å². The number of rotatable bonds is 2. The lowest BCUT2D eigenvalue weighted by Crippen LogP contribution is -2.21. The molecule has 0 heterocycles. The summed E-state index contributed by atoms with van der Waals surface area (Å²) >= 11 is 2.30. The highest BCUT2D eigenvalue weighted by Gasteiger charge is 2.06. The molecule has 1 amide bonds. The Balaban J connectivity index is 2.86. The first-order valence-corrected chi connectivity index (χ1v) is 5.54. The lowest BCUT2D eigenvalue weighted by Gasteiger charge is -2.09. The number of carbonyl (C=O) groups excluding carboxylic acids is 1. The van der Waals surface area contributed by atoms with Gasteiger partial charge in [0.15, 0.2) is 0 Å². The molecular weight excluding hydrogens is 277 g/mol. The minimum atomic E-state index is 0.0556. The van der Waals surface area contributed by atoms with Crippen LogP contribution in [0.5, 0.6) is 0 Å². The molecule has 1 aromatic carbocycles. The average Bonchev–Trinajstić information content (AvgIpc) is 2.17. The second-order valence-electron chi connectivity index (χ2n) is 3.03. The van der Waals surface area contributed by atoms with Gasteiger partial charge in [-0.1, -0.05) is 34.7 Å². The summed E-state index contributed by atoms with van der Waals surface area (Å²) in [4.78, 5) is 13.1. The van der Waals surface area contributed by atoms with Gasteiger partial charge in [0.25, 0.3) is 5.91 Å². The zero-order valence-corrected chi connectivity index (χ0v) is 9.91. The predicted molar refractivity (Wildman–Crippen MR) is 62.2 cm³/mol. The SMILES string of the molecule is CN(C)C(=O)c1ccc(CI)cc1. The van der Waals surface area contributed by atoms with Gasteiger partial charge in [-0.05, 0) is 17.7 Å². The van der Waals surface area contributed by atoms with E-state index in [1.165, 1.54) is 5.56 Å². The van der Waals surface area contributed by atoms with Crippen molar-refractivity contribution in [2.75, 3.05) is 14.1 Å². The van der Waals surface area contributed by atoms with Crippen LogP contribution in [0.1, 0.15) is 15.9 Å². The fraction of sp³-hybridized carbons (Fsp3) is 0.300. The second-order valence-corrected chi connectivity index (χ2v) is 3.79. The first kappa shape index (κ1) is 10.5. The van der Waals surface area contributed by atoms with Crippen molar-refractivity contribution in [1.29, 1.82) is 0 Å². The van der Waals surface area contributed by atoms with E-state index in [0.717, 1.165) is 9.99 Å². The zero-order chi connectivity index (χ0) is 9.84. The zero-order valence-electron chi connectivity index (χ0n) is 7.75. The van der Waals surface area contributed by atoms with Crippen LogP contribution in [0.3, 0.4) is 0 Å². The van der Waals surface area contributed by atoms with Crippen LogP contribution >= 0.6 is 22.6 Å². The number of amides is 1. The Bertz CT molecular complexity index is 292. The van der Waals surface area contributed by atoms with Gasteiger partial charge in [0, 0.05) is 24.1 Å². The standard InChI is InChI=1S/C10H12INO/c1-12(2)10(13)9-5-3-8(7-11)4-6-9/h3-6H,7H2,1-2H3. The van der Waals surface area contributed by atoms with Gasteiger partial charge in [0.2, 0.25) is 0 Å². The van der Waals surface area contributed by atoms with E-state index in [1.807, 2.05) is 24.3 Å². The molecule has 0 aliphatic rings. The van der Waals surface area contributed by atoms with Crippen molar-refractivity contribution in [1.82, 2.24) is 4.90 Å². The van der Waals surface area contributed by atoms with Crippen LogP contribution in [0.15, 0.2) is 24.3 Å². The number of carbonyl (C=O) groups is 1. The molecule has 0 saturated carbocycles. The van der Waals surface area contributed by atoms with Gasteiger partial charge in [-0.15, -0.1) is 0 Å². The molecule has 0 N–H and O–H groups in total. The van der Waals surface area contributed by atoms with Crippen molar-refractivity contribution < 1.29 is 4.79 Å². The molecule has 1 aromatic rings. The van der Waals surface area contributed by atoms with Crippen LogP contribution < -0.4 is 0 Å². The maximum absolute atomic E-state index is 11.5. The van der Waals surface area contributed by atoms with Gasteiger partial charge < -0.3 is 4.90 Å². The van der Waals surface area contributed by atoms with Gasteiger partial charge in [0.05, 0.1) is 0 Å². The van der Waals surface area contributed by atoms with Crippen molar-refractivity contribution >= 4 is 28.5 Å². The predicted octanol–water partition coefficient (Wildman–Crippen LogP) is 2.32. The van der Waals surface area contributed by atoms with E-state index in [0.29, 0.717) is 0 Å². The Hall–Kier alpha value is -0.580. The number of hydrogen-bond acceptors (Lipinski definition) is 1. The quantitative estimate of drug-likeness (QED) is 0.604. The van der Waals surface area contributed by atoms with Crippen LogP contribution in [0, 0.1) is 0 Å². The van der Waals surface area contributed by atoms with Crippen molar-refractivity contribution in [2.24, 2.45) is 0 Å². The topological polar surface area (TPSA) is 20.3 Å². The number of benzene rings is 1. The molecule has 0 aliphatic carbocycles. The largest absolute Gasteiger partial charge is 0.345 e. The number of alkyl halides is 1. The molecule has 1 rings (SSSR count). The van der Waals surface area contributed by atoms with E-state index in [4.69, 9.17) is 0 Å². The summed E-state index contributed by atoms with van der Waals surface area (Å²) in [7, 11) is 3.52. The van der Waals surface area contributed by atoms with Crippen molar-refractivity contribution in [3.63, 3.8) is 0 Å². The highest BCUT2D eigenvalue weighted by Crippen LogP contribution is 2.09. The number of nitrogens with zero attached hydrogens (tertiary/aromatic N) is 1. The maximum Gasteiger partial charge on any atom is 0.253 e. The third-order valence-corrected chi connectivity index (χ3v) is 2.64. The lowest BCUT2D eigenvalue weighted by atomic mass is 10.1. The van der Waals surface area contributed by atoms with Gasteiger partial charge in [-0.2, -0.15) is 0 Å². The molecule has 70 valence electrons. The Morgan fingerprint density at radius 3 is 2.23 bits per heavy atom. The highest BCUT2D eigenvalue weighted by molar-refractivity contribution is 14.1. The van der Waals surface area contributed by atoms with Gasteiger partial charge in [0.1, 0.15) is 0 Å². The Labute approximate surface area is 92.1 Å². The molecular formula is C10H12INO. The Kier molecular flexibility index (Phi) is 3.71. The Morgan fingerprint density at radius 1 is 1.31 bits per heavy atom. The maximum atomic E-state index is 11.5. The molecule has 0 aliphatic heterocycles. The van der Waals surface area contributed by atoms with E-state index in [-0.39, 0.29) is 5.91 Å². The molecule has 0 fully saturated rings. The first-order valence-electron chi connectivity index (χ1n) is 4.01. The Morgan fingerprint density at radius 2 is 1.85 bits per heavy atom. The summed E-state index contributed by atoms with van der Waals surface area (Å²) < 4.78 is 0.980. The monoisotopic (exact) mass is 289 g/mol. The fourth-order valence-electron chi connectivity index (χ4n) is 0.995. The van der Waals surface area contributed by atoms with Crippen LogP contribution in [-0.2, 0) is 4.43 Å². The van der Waals surface area contributed by atoms with Gasteiger partial charge in [-0.25, -0.2) is 0 Å². The molecule has 2 nitrogen and oxygen atoms in total. The van der Waals surface area contributed by atoms with Gasteiger partial charge >= 0.3 is 0 Å². The summed E-state index contributed by atoms with van der Waals surface area (Å²) in [6.07, 6.45) is 0. The molecule has 3 heteroatoms. The highest BCUT2D eigenvalue weighted by atomic mass is 127. The van der Waals surface area contributed by atoms with E-state index in [1.54, 1.807) is 19.0 Å². The second kappa shape index (κ2) is 4.60. The van der Waals surface area contributed by atoms with E-state index < -0.39 is 0 Å². The molecule has 13 heavy (non-hydrogen) atoms. The molecule has 0 unspecified atom stereocenters. The molecule has 0 atom stereocenters. The molecule has 0 bridgehead atoms. The van der Waals surface area contributed by atoms with Gasteiger partial charge in [-0.3, -0.25) is 4.79 Å². The summed E-state index contributed by atoms with van der Waals surface area (Å²) in [5.41, 5.74) is 1.99. The molecule has 0 saturated heterocycles. The smallest absolute Gasteiger partial charge is 0.253 e. The molecule has 0 spiro atoms. The third kappa shape index (κ3) is 2.69. The molecule has 0 radical (unpaired) electrons. The van der Waals surface area contributed by atoms with E-state index in [9.17, 15) is 4.79 Å². The summed E-state index contributed by atoms with van der Waals surface area (Å²) in [5.74, 6) is 0.0556. The van der Waals surface area contributed by atoms with Crippen molar-refractivity contribution in [2.45, 2.75) is 4.43 Å². The van der Waals surface area contributed by atoms with Crippen LogP contribution in [-0.4, -0.2) is 24.9 Å². The number of hydrogen-bond donors (Lipinski definition) is 0. The minimum Gasteiger partial charge on any atom is -0.345 e. The van der Waals surface area contributed by atoms with Crippen molar-refractivity contribution in [3.05, 3.63) is 35.4 Å². The van der Waals surface area contributed by atoms with Crippen molar-refractivity contribution in [3.8, 4) is 0 Å². The fourth-order valence-corrected chi connectivity index (χ4v) is 1.50. The van der Waals surface area contributed by atoms with Crippen LogP contribution in [0.2, 0.25) is 0 Å². The number of halogens is 1. The van der Waals surface area contributed by atoms with E-state index in [2.05, 4.69) is 22.6 Å². The minimum absolute atomic E-state index is 0.0556. The van der Waals surface area contributed by atoms with Crippen LogP contribution in [0.4, 0.5) is 0 Å². The lowest BCUT2D eigenvalue weighted by molar-refractivity contribution is 0.0827. The normalized spacial score (nSPS) is 9.77. The first-order chi connectivity index (χ1) is 6.15. The summed E-state index contributed by atoms with van der Waals surface area (Å²) in [5, 5.41) is 0. The third-order valence-electron chi connectivity index (χ3n) is 1.76. The summed E-state index contributed by atoms with van der Waals surface area (Å²) in [6.45, 7) is 0. The summed E-state index contributed by atoms with van der Waals surface area (Å²) in [6, 6.07) is 7.72.